The molecule has 8 heteroatoms. The maximum absolute atomic E-state index is 13.7. The molecule has 2 fully saturated rings. The average molecular weight is 496 g/mol. The third-order valence-electron chi connectivity index (χ3n) is 7.74. The Morgan fingerprint density at radius 3 is 2.42 bits per heavy atom. The van der Waals surface area contributed by atoms with Gasteiger partial charge in [0.25, 0.3) is 0 Å². The molecule has 1 aromatic carbocycles. The molecule has 0 spiro atoms. The molecule has 0 bridgehead atoms. The molecule has 1 saturated heterocycles. The van der Waals surface area contributed by atoms with E-state index in [0.717, 1.165) is 18.4 Å². The summed E-state index contributed by atoms with van der Waals surface area (Å²) in [5.41, 5.74) is 7.79. The van der Waals surface area contributed by atoms with Crippen LogP contribution in [0.3, 0.4) is 0 Å². The van der Waals surface area contributed by atoms with Crippen LogP contribution in [0.4, 0.5) is 4.39 Å². The van der Waals surface area contributed by atoms with E-state index in [2.05, 4.69) is 4.98 Å². The number of aromatic nitrogens is 1. The van der Waals surface area contributed by atoms with Crippen molar-refractivity contribution in [2.75, 3.05) is 20.3 Å². The minimum atomic E-state index is -0.576. The molecule has 36 heavy (non-hydrogen) atoms. The molecule has 4 rings (SSSR count). The molecule has 1 unspecified atom stereocenters. The van der Waals surface area contributed by atoms with Crippen molar-refractivity contribution in [1.82, 2.24) is 9.88 Å². The number of hydrogen-bond acceptors (Lipinski definition) is 6. The van der Waals surface area contributed by atoms with Crippen molar-refractivity contribution in [3.05, 3.63) is 65.5 Å². The number of benzene rings is 1. The largest absolute Gasteiger partial charge is 0.465 e. The number of halogens is 1. The molecule has 1 aliphatic heterocycles. The first kappa shape index (κ1) is 25.9. The number of carbonyl (C=O) groups excluding carboxylic acids is 3. The predicted octanol–water partition coefficient (Wildman–Crippen LogP) is 3.47. The quantitative estimate of drug-likeness (QED) is 0.563. The zero-order chi connectivity index (χ0) is 25.7. The molecule has 1 saturated carbocycles. The smallest absolute Gasteiger partial charge is 0.339 e. The van der Waals surface area contributed by atoms with Gasteiger partial charge in [0.05, 0.1) is 25.1 Å². The van der Waals surface area contributed by atoms with Gasteiger partial charge in [0, 0.05) is 36.3 Å². The molecule has 1 amide bonds. The average Bonchev–Trinajstić information content (AvgIpc) is 3.38. The third-order valence-corrected chi connectivity index (χ3v) is 7.74. The van der Waals surface area contributed by atoms with Gasteiger partial charge in [-0.05, 0) is 55.7 Å². The Bertz CT molecular complexity index is 1050. The van der Waals surface area contributed by atoms with E-state index in [1.165, 1.54) is 13.3 Å². The van der Waals surface area contributed by atoms with E-state index in [0.29, 0.717) is 37.1 Å². The number of likely N-dealkylation sites (tertiary alicyclic amines) is 1. The minimum Gasteiger partial charge on any atom is -0.465 e. The number of carbonyl (C=O) groups is 3. The molecule has 2 N–H and O–H groups in total. The minimum absolute atomic E-state index is 0.00745. The lowest BCUT2D eigenvalue weighted by Crippen LogP contribution is -2.47. The molecule has 2 aromatic rings. The topological polar surface area (TPSA) is 103 Å². The van der Waals surface area contributed by atoms with Crippen molar-refractivity contribution >= 4 is 17.7 Å². The number of methoxy groups -OCH3 is 1. The maximum atomic E-state index is 13.7. The molecule has 2 aliphatic rings. The zero-order valence-corrected chi connectivity index (χ0v) is 20.6. The van der Waals surface area contributed by atoms with Gasteiger partial charge in [-0.2, -0.15) is 0 Å². The summed E-state index contributed by atoms with van der Waals surface area (Å²) in [6.07, 6.45) is 4.98. The fourth-order valence-electron chi connectivity index (χ4n) is 5.69. The summed E-state index contributed by atoms with van der Waals surface area (Å²) in [7, 11) is 1.30. The molecule has 0 radical (unpaired) electrons. The SMILES string of the molecule is COC(=O)c1ccc(CC(=O)[C@@H]2[C@@H](c3ccccc3)CCN2C(=O)C2CCC(C(N)CF)CC2)nc1. The van der Waals surface area contributed by atoms with Crippen LogP contribution in [0, 0.1) is 11.8 Å². The fourth-order valence-corrected chi connectivity index (χ4v) is 5.69. The first-order valence-electron chi connectivity index (χ1n) is 12.7. The van der Waals surface area contributed by atoms with Crippen molar-refractivity contribution in [1.29, 1.82) is 0 Å². The highest BCUT2D eigenvalue weighted by Gasteiger charge is 2.44. The Balaban J connectivity index is 1.52. The monoisotopic (exact) mass is 495 g/mol. The predicted molar refractivity (Wildman–Crippen MR) is 133 cm³/mol. The standard InChI is InChI=1S/C28H34FN3O4/c1-36-28(35)21-11-12-22(31-17-21)15-25(33)26-23(18-5-3-2-4-6-18)13-14-32(26)27(34)20-9-7-19(8-10-20)24(30)16-29/h2-6,11-12,17,19-20,23-24,26H,7-10,13-16,30H2,1H3/t19?,20?,23-,24?,26+/m1/s1. The number of ether oxygens (including phenoxy) is 1. The number of nitrogens with zero attached hydrogens (tertiary/aromatic N) is 2. The number of Topliss-reactive ketones (excluding diaryl/α,β-unsaturated/α-hetero) is 1. The molecule has 1 aliphatic carbocycles. The van der Waals surface area contributed by atoms with Gasteiger partial charge in [0.15, 0.2) is 5.78 Å². The Hall–Kier alpha value is -3.13. The number of amides is 1. The second-order valence-electron chi connectivity index (χ2n) is 9.89. The Labute approximate surface area is 211 Å². The fraction of sp³-hybridized carbons (Fsp3) is 0.500. The van der Waals surface area contributed by atoms with Crippen molar-refractivity contribution in [3.8, 4) is 0 Å². The van der Waals surface area contributed by atoms with E-state index in [9.17, 15) is 18.8 Å². The Morgan fingerprint density at radius 2 is 1.81 bits per heavy atom. The summed E-state index contributed by atoms with van der Waals surface area (Å²) in [6, 6.07) is 12.0. The number of nitrogens with two attached hydrogens (primary N) is 1. The first-order chi connectivity index (χ1) is 17.4. The lowest BCUT2D eigenvalue weighted by molar-refractivity contribution is -0.142. The highest BCUT2D eigenvalue weighted by molar-refractivity contribution is 5.93. The van der Waals surface area contributed by atoms with E-state index in [-0.39, 0.29) is 35.9 Å². The number of rotatable bonds is 8. The van der Waals surface area contributed by atoms with Crippen molar-refractivity contribution < 1.29 is 23.5 Å². The lowest BCUT2D eigenvalue weighted by Gasteiger charge is -2.35. The van der Waals surface area contributed by atoms with Crippen molar-refractivity contribution in [2.45, 2.75) is 56.5 Å². The van der Waals surface area contributed by atoms with Gasteiger partial charge >= 0.3 is 5.97 Å². The summed E-state index contributed by atoms with van der Waals surface area (Å²) in [5, 5.41) is 0. The highest BCUT2D eigenvalue weighted by atomic mass is 19.1. The molecular weight excluding hydrogens is 461 g/mol. The zero-order valence-electron chi connectivity index (χ0n) is 20.6. The van der Waals surface area contributed by atoms with Gasteiger partial charge in [-0.3, -0.25) is 14.6 Å². The van der Waals surface area contributed by atoms with Crippen LogP contribution in [0.2, 0.25) is 0 Å². The van der Waals surface area contributed by atoms with Crippen LogP contribution in [-0.2, 0) is 20.7 Å². The van der Waals surface area contributed by atoms with E-state index in [1.807, 2.05) is 30.3 Å². The normalized spacial score (nSPS) is 24.8. The van der Waals surface area contributed by atoms with E-state index in [1.54, 1.807) is 17.0 Å². The van der Waals surface area contributed by atoms with Crippen LogP contribution >= 0.6 is 0 Å². The molecule has 7 nitrogen and oxygen atoms in total. The first-order valence-corrected chi connectivity index (χ1v) is 12.7. The second-order valence-corrected chi connectivity index (χ2v) is 9.89. The van der Waals surface area contributed by atoms with Gasteiger partial charge in [0.1, 0.15) is 6.67 Å². The number of ketones is 1. The molecule has 192 valence electrons. The summed E-state index contributed by atoms with van der Waals surface area (Å²) >= 11 is 0. The van der Waals surface area contributed by atoms with E-state index >= 15 is 0 Å². The highest BCUT2D eigenvalue weighted by Crippen LogP contribution is 2.38. The second kappa shape index (κ2) is 11.7. The lowest BCUT2D eigenvalue weighted by atomic mass is 9.78. The van der Waals surface area contributed by atoms with Crippen molar-refractivity contribution in [3.63, 3.8) is 0 Å². The van der Waals surface area contributed by atoms with Gasteiger partial charge in [0.2, 0.25) is 5.91 Å². The number of pyridine rings is 1. The molecular formula is C28H34FN3O4. The van der Waals surface area contributed by atoms with Crippen LogP contribution in [-0.4, -0.2) is 60.0 Å². The molecule has 1 aromatic heterocycles. The van der Waals surface area contributed by atoms with E-state index in [4.69, 9.17) is 10.5 Å². The summed E-state index contributed by atoms with van der Waals surface area (Å²) in [5.74, 6) is -0.705. The van der Waals surface area contributed by atoms with Gasteiger partial charge < -0.3 is 15.4 Å². The number of esters is 1. The van der Waals surface area contributed by atoms with Crippen LogP contribution in [0.15, 0.2) is 48.7 Å². The van der Waals surface area contributed by atoms with Crippen LogP contribution in [0.5, 0.6) is 0 Å². The van der Waals surface area contributed by atoms with Crippen LogP contribution in [0.25, 0.3) is 0 Å². The molecule has 2 heterocycles. The van der Waals surface area contributed by atoms with Gasteiger partial charge in [-0.1, -0.05) is 30.3 Å². The van der Waals surface area contributed by atoms with Crippen LogP contribution < -0.4 is 5.73 Å². The maximum Gasteiger partial charge on any atom is 0.339 e. The van der Waals surface area contributed by atoms with E-state index < -0.39 is 24.7 Å². The number of alkyl halides is 1. The van der Waals surface area contributed by atoms with Gasteiger partial charge in [-0.15, -0.1) is 0 Å². The Kier molecular flexibility index (Phi) is 8.46. The summed E-state index contributed by atoms with van der Waals surface area (Å²) in [4.78, 5) is 45.1. The van der Waals surface area contributed by atoms with Gasteiger partial charge in [-0.25, -0.2) is 9.18 Å². The van der Waals surface area contributed by atoms with Crippen LogP contribution in [0.1, 0.15) is 59.6 Å². The van der Waals surface area contributed by atoms with Crippen molar-refractivity contribution in [2.24, 2.45) is 17.6 Å². The molecule has 3 atom stereocenters. The summed E-state index contributed by atoms with van der Waals surface area (Å²) in [6.45, 7) is -0.0210. The Morgan fingerprint density at radius 1 is 1.08 bits per heavy atom. The third kappa shape index (κ3) is 5.64. The number of hydrogen-bond donors (Lipinski definition) is 1. The summed E-state index contributed by atoms with van der Waals surface area (Å²) < 4.78 is 17.7.